The van der Waals surface area contributed by atoms with Gasteiger partial charge in [0.2, 0.25) is 0 Å². The normalized spacial score (nSPS) is 13.4. The second kappa shape index (κ2) is 5.92. The minimum Gasteiger partial charge on any atom is -0.545 e. The summed E-state index contributed by atoms with van der Waals surface area (Å²) in [5, 5.41) is 11.0. The number of allylic oxidation sites excluding steroid dienone is 1. The van der Waals surface area contributed by atoms with Crippen LogP contribution in [0.1, 0.15) is 48.0 Å². The summed E-state index contributed by atoms with van der Waals surface area (Å²) in [5.41, 5.74) is 1.34. The first kappa shape index (κ1) is 15.0. The lowest BCUT2D eigenvalue weighted by Crippen LogP contribution is -2.32. The monoisotopic (exact) mass is 226 g/mol. The Kier molecular flexibility index (Phi) is 5.56. The highest BCUT2D eigenvalue weighted by molar-refractivity contribution is 5.84. The molecule has 16 heavy (non-hydrogen) atoms. The van der Waals surface area contributed by atoms with Gasteiger partial charge >= 0.3 is 0 Å². The highest BCUT2D eigenvalue weighted by Crippen LogP contribution is 2.28. The summed E-state index contributed by atoms with van der Waals surface area (Å²) in [6, 6.07) is 0. The molecule has 0 fully saturated rings. The summed E-state index contributed by atoms with van der Waals surface area (Å²) in [7, 11) is 0. The van der Waals surface area contributed by atoms with Crippen LogP contribution in [0, 0.1) is 5.41 Å². The van der Waals surface area contributed by atoms with Crippen molar-refractivity contribution in [3.63, 3.8) is 0 Å². The maximum atomic E-state index is 11.0. The van der Waals surface area contributed by atoms with Crippen molar-refractivity contribution < 1.29 is 9.90 Å². The Labute approximate surface area is 99.1 Å². The molecule has 0 aliphatic heterocycles. The zero-order valence-electron chi connectivity index (χ0n) is 11.4. The van der Waals surface area contributed by atoms with Crippen LogP contribution in [0.3, 0.4) is 0 Å². The zero-order chi connectivity index (χ0) is 12.9. The van der Waals surface area contributed by atoms with Gasteiger partial charge in [0.05, 0.1) is 5.97 Å². The average Bonchev–Trinajstić information content (AvgIpc) is 2.15. The molecule has 0 amide bonds. The second-order valence-electron chi connectivity index (χ2n) is 5.27. The Balaban J connectivity index is 5.21. The van der Waals surface area contributed by atoms with Gasteiger partial charge < -0.3 is 14.8 Å². The first-order valence-electron chi connectivity index (χ1n) is 5.89. The molecule has 0 atom stereocenters. The van der Waals surface area contributed by atoms with Crippen LogP contribution in [0.5, 0.6) is 0 Å². The van der Waals surface area contributed by atoms with Gasteiger partial charge in [0.15, 0.2) is 0 Å². The molecule has 0 heterocycles. The van der Waals surface area contributed by atoms with Crippen LogP contribution in [0.4, 0.5) is 0 Å². The van der Waals surface area contributed by atoms with Crippen molar-refractivity contribution in [3.8, 4) is 0 Å². The molecule has 0 N–H and O–H groups in total. The van der Waals surface area contributed by atoms with Crippen LogP contribution in [0.15, 0.2) is 11.3 Å². The summed E-state index contributed by atoms with van der Waals surface area (Å²) < 4.78 is 0. The van der Waals surface area contributed by atoms with E-state index in [2.05, 4.69) is 25.7 Å². The van der Waals surface area contributed by atoms with Gasteiger partial charge in [0, 0.05) is 18.8 Å². The Morgan fingerprint density at radius 1 is 1.19 bits per heavy atom. The maximum absolute atomic E-state index is 11.0. The van der Waals surface area contributed by atoms with Crippen LogP contribution >= 0.6 is 0 Å². The van der Waals surface area contributed by atoms with Gasteiger partial charge in [-0.2, -0.15) is 0 Å². The van der Waals surface area contributed by atoms with Gasteiger partial charge in [0.25, 0.3) is 0 Å². The number of rotatable bonds is 5. The summed E-state index contributed by atoms with van der Waals surface area (Å²) >= 11 is 0. The molecule has 0 aromatic rings. The van der Waals surface area contributed by atoms with Crippen LogP contribution < -0.4 is 5.11 Å². The molecule has 0 radical (unpaired) electrons. The molecule has 0 aliphatic carbocycles. The third-order valence-electron chi connectivity index (χ3n) is 2.58. The Morgan fingerprint density at radius 2 is 1.62 bits per heavy atom. The van der Waals surface area contributed by atoms with Crippen molar-refractivity contribution >= 4 is 5.97 Å². The van der Waals surface area contributed by atoms with Crippen molar-refractivity contribution in [1.29, 1.82) is 0 Å². The van der Waals surface area contributed by atoms with Gasteiger partial charge in [-0.05, 0) is 38.2 Å². The Morgan fingerprint density at radius 3 is 1.88 bits per heavy atom. The van der Waals surface area contributed by atoms with Gasteiger partial charge in [0.1, 0.15) is 0 Å². The van der Waals surface area contributed by atoms with Crippen LogP contribution in [0.2, 0.25) is 0 Å². The third-order valence-corrected chi connectivity index (χ3v) is 2.58. The lowest BCUT2D eigenvalue weighted by molar-refractivity contribution is -0.299. The van der Waals surface area contributed by atoms with E-state index in [1.807, 2.05) is 13.8 Å². The fourth-order valence-corrected chi connectivity index (χ4v) is 1.71. The molecule has 0 bridgehead atoms. The van der Waals surface area contributed by atoms with E-state index in [4.69, 9.17) is 0 Å². The number of nitrogens with zero attached hydrogens (tertiary/aromatic N) is 1. The summed E-state index contributed by atoms with van der Waals surface area (Å²) in [6.07, 6.45) is 0.758. The van der Waals surface area contributed by atoms with E-state index in [0.29, 0.717) is 5.57 Å². The number of hydrogen-bond acceptors (Lipinski definition) is 3. The van der Waals surface area contributed by atoms with E-state index in [0.717, 1.165) is 25.2 Å². The van der Waals surface area contributed by atoms with Crippen LogP contribution in [0.25, 0.3) is 0 Å². The van der Waals surface area contributed by atoms with E-state index < -0.39 is 5.97 Å². The lowest BCUT2D eigenvalue weighted by Gasteiger charge is -2.32. The van der Waals surface area contributed by atoms with E-state index >= 15 is 0 Å². The second-order valence-corrected chi connectivity index (χ2v) is 5.27. The SMILES string of the molecule is CCN(CC)/C(CC(C)(C)C)=C(\C)C(=O)[O-]. The average molecular weight is 226 g/mol. The molecule has 0 aromatic carbocycles. The Hall–Kier alpha value is -0.990. The molecule has 0 rings (SSSR count). The molecule has 0 spiro atoms. The zero-order valence-corrected chi connectivity index (χ0v) is 11.4. The van der Waals surface area contributed by atoms with E-state index in [-0.39, 0.29) is 5.41 Å². The first-order chi connectivity index (χ1) is 7.22. The fourth-order valence-electron chi connectivity index (χ4n) is 1.71. The minimum absolute atomic E-state index is 0.0780. The number of carbonyl (C=O) groups excluding carboxylic acids is 1. The molecule has 0 saturated carbocycles. The van der Waals surface area contributed by atoms with Gasteiger partial charge in [-0.3, -0.25) is 0 Å². The van der Waals surface area contributed by atoms with Crippen molar-refractivity contribution in [2.24, 2.45) is 5.41 Å². The molecule has 0 unspecified atom stereocenters. The molecule has 0 aromatic heterocycles. The van der Waals surface area contributed by atoms with Crippen LogP contribution in [-0.4, -0.2) is 24.0 Å². The highest BCUT2D eigenvalue weighted by Gasteiger charge is 2.18. The van der Waals surface area contributed by atoms with Crippen LogP contribution in [-0.2, 0) is 4.79 Å². The number of aliphatic carboxylic acids is 1. The third kappa shape index (κ3) is 4.69. The minimum atomic E-state index is -1.06. The van der Waals surface area contributed by atoms with Gasteiger partial charge in [-0.1, -0.05) is 20.8 Å². The quantitative estimate of drug-likeness (QED) is 0.671. The van der Waals surface area contributed by atoms with Crippen molar-refractivity contribution in [1.82, 2.24) is 4.90 Å². The predicted octanol–water partition coefficient (Wildman–Crippen LogP) is 1.79. The standard InChI is InChI=1S/C13H25NO2/c1-7-14(8-2)11(9-13(4,5)6)10(3)12(15)16/h7-9H2,1-6H3,(H,15,16)/p-1/b11-10+. The number of carboxylic acids is 1. The number of carbonyl (C=O) groups is 1. The molecule has 94 valence electrons. The summed E-state index contributed by atoms with van der Waals surface area (Å²) in [5.74, 6) is -1.06. The predicted molar refractivity (Wildman–Crippen MR) is 64.7 cm³/mol. The molecule has 3 heteroatoms. The highest BCUT2D eigenvalue weighted by atomic mass is 16.4. The Bertz CT molecular complexity index is 270. The summed E-state index contributed by atoms with van der Waals surface area (Å²) in [6.45, 7) is 13.7. The van der Waals surface area contributed by atoms with E-state index in [1.165, 1.54) is 0 Å². The number of carboxylic acid groups (broad SMARTS) is 1. The first-order valence-corrected chi connectivity index (χ1v) is 5.89. The van der Waals surface area contributed by atoms with Crippen molar-refractivity contribution in [3.05, 3.63) is 11.3 Å². The van der Waals surface area contributed by atoms with E-state index in [1.54, 1.807) is 6.92 Å². The lowest BCUT2D eigenvalue weighted by atomic mass is 9.88. The smallest absolute Gasteiger partial charge is 0.0689 e. The summed E-state index contributed by atoms with van der Waals surface area (Å²) in [4.78, 5) is 13.1. The maximum Gasteiger partial charge on any atom is 0.0689 e. The van der Waals surface area contributed by atoms with E-state index in [9.17, 15) is 9.90 Å². The topological polar surface area (TPSA) is 43.4 Å². The van der Waals surface area contributed by atoms with Crippen molar-refractivity contribution in [2.45, 2.75) is 48.0 Å². The molecule has 0 aliphatic rings. The molecule has 3 nitrogen and oxygen atoms in total. The molecular formula is C13H24NO2-. The number of hydrogen-bond donors (Lipinski definition) is 0. The van der Waals surface area contributed by atoms with Gasteiger partial charge in [-0.15, -0.1) is 0 Å². The molecular weight excluding hydrogens is 202 g/mol. The molecule has 0 saturated heterocycles. The van der Waals surface area contributed by atoms with Gasteiger partial charge in [-0.25, -0.2) is 0 Å². The van der Waals surface area contributed by atoms with Crippen molar-refractivity contribution in [2.75, 3.05) is 13.1 Å². The fraction of sp³-hybridized carbons (Fsp3) is 0.769. The largest absolute Gasteiger partial charge is 0.545 e.